The van der Waals surface area contributed by atoms with E-state index < -0.39 is 12.0 Å². The highest BCUT2D eigenvalue weighted by atomic mass is 16.5. The number of carbonyl (C=O) groups excluding carboxylic acids is 2. The summed E-state index contributed by atoms with van der Waals surface area (Å²) < 4.78 is 6.34. The molecule has 0 aliphatic rings. The summed E-state index contributed by atoms with van der Waals surface area (Å²) in [5.41, 5.74) is 1.78. The van der Waals surface area contributed by atoms with Crippen LogP contribution >= 0.6 is 0 Å². The van der Waals surface area contributed by atoms with Crippen LogP contribution in [0.15, 0.2) is 6.07 Å². The molecule has 0 radical (unpaired) electrons. The topological polar surface area (TPSA) is 73.2 Å². The molecule has 1 unspecified atom stereocenters. The van der Waals surface area contributed by atoms with Gasteiger partial charge < -0.3 is 10.1 Å². The molecule has 1 rings (SSSR count). The molecule has 0 aromatic carbocycles. The molecule has 112 valence electrons. The normalized spacial score (nSPS) is 12.3. The quantitative estimate of drug-likeness (QED) is 0.795. The molecule has 0 fully saturated rings. The van der Waals surface area contributed by atoms with E-state index in [1.807, 2.05) is 33.8 Å². The predicted octanol–water partition coefficient (Wildman–Crippen LogP) is 1.20. The molecule has 1 atom stereocenters. The van der Waals surface area contributed by atoms with Crippen molar-refractivity contribution in [2.24, 2.45) is 5.92 Å². The lowest BCUT2D eigenvalue weighted by molar-refractivity contribution is -0.145. The molecule has 1 aromatic rings. The van der Waals surface area contributed by atoms with Gasteiger partial charge in [-0.05, 0) is 32.3 Å². The summed E-state index contributed by atoms with van der Waals surface area (Å²) in [5.74, 6) is -0.374. The van der Waals surface area contributed by atoms with Crippen molar-refractivity contribution in [2.75, 3.05) is 7.11 Å². The number of nitrogens with zero attached hydrogens (tertiary/aromatic N) is 2. The first-order valence-corrected chi connectivity index (χ1v) is 6.71. The van der Waals surface area contributed by atoms with Crippen LogP contribution in [-0.4, -0.2) is 34.8 Å². The van der Waals surface area contributed by atoms with E-state index in [1.165, 1.54) is 7.11 Å². The molecule has 6 nitrogen and oxygen atoms in total. The summed E-state index contributed by atoms with van der Waals surface area (Å²) in [6.07, 6.45) is 0.551. The predicted molar refractivity (Wildman–Crippen MR) is 75.1 cm³/mol. The van der Waals surface area contributed by atoms with Gasteiger partial charge in [0.05, 0.1) is 12.8 Å². The molecule has 1 amide bonds. The van der Waals surface area contributed by atoms with E-state index in [4.69, 9.17) is 4.74 Å². The number of rotatable bonds is 6. The van der Waals surface area contributed by atoms with Crippen LogP contribution in [0.1, 0.15) is 31.7 Å². The molecule has 1 heterocycles. The summed E-state index contributed by atoms with van der Waals surface area (Å²) in [7, 11) is 1.32. The third-order valence-corrected chi connectivity index (χ3v) is 2.92. The lowest BCUT2D eigenvalue weighted by Gasteiger charge is -2.18. The monoisotopic (exact) mass is 281 g/mol. The minimum absolute atomic E-state index is 0.102. The zero-order chi connectivity index (χ0) is 15.3. The maximum atomic E-state index is 12.0. The Morgan fingerprint density at radius 1 is 1.40 bits per heavy atom. The number of nitrogens with one attached hydrogen (secondary N) is 1. The van der Waals surface area contributed by atoms with Crippen LogP contribution < -0.4 is 5.32 Å². The molecule has 0 bridgehead atoms. The SMILES string of the molecule is COC(=O)C(CC(C)C)NC(=O)Cn1nc(C)cc1C. The van der Waals surface area contributed by atoms with Gasteiger partial charge in [-0.3, -0.25) is 9.48 Å². The minimum Gasteiger partial charge on any atom is -0.467 e. The number of aryl methyl sites for hydroxylation is 2. The van der Waals surface area contributed by atoms with E-state index in [1.54, 1.807) is 4.68 Å². The van der Waals surface area contributed by atoms with Crippen molar-refractivity contribution in [3.8, 4) is 0 Å². The van der Waals surface area contributed by atoms with Gasteiger partial charge in [-0.25, -0.2) is 4.79 Å². The fourth-order valence-corrected chi connectivity index (χ4v) is 2.04. The fourth-order valence-electron chi connectivity index (χ4n) is 2.04. The van der Waals surface area contributed by atoms with Crippen LogP contribution in [0.4, 0.5) is 0 Å². The Morgan fingerprint density at radius 2 is 2.05 bits per heavy atom. The molecule has 1 aromatic heterocycles. The third kappa shape index (κ3) is 4.68. The summed E-state index contributed by atoms with van der Waals surface area (Å²) in [6, 6.07) is 1.29. The molecule has 6 heteroatoms. The lowest BCUT2D eigenvalue weighted by atomic mass is 10.0. The zero-order valence-corrected chi connectivity index (χ0v) is 12.8. The first kappa shape index (κ1) is 16.2. The number of hydrogen-bond acceptors (Lipinski definition) is 4. The van der Waals surface area contributed by atoms with E-state index in [-0.39, 0.29) is 18.4 Å². The largest absolute Gasteiger partial charge is 0.467 e. The fraction of sp³-hybridized carbons (Fsp3) is 0.643. The Hall–Kier alpha value is -1.85. The number of ether oxygens (including phenoxy) is 1. The molecule has 1 N–H and O–H groups in total. The van der Waals surface area contributed by atoms with Gasteiger partial charge in [0.25, 0.3) is 0 Å². The molecule has 20 heavy (non-hydrogen) atoms. The van der Waals surface area contributed by atoms with Crippen molar-refractivity contribution < 1.29 is 14.3 Å². The van der Waals surface area contributed by atoms with Gasteiger partial charge in [0.2, 0.25) is 5.91 Å². The Bertz CT molecular complexity index is 480. The van der Waals surface area contributed by atoms with E-state index in [0.717, 1.165) is 11.4 Å². The Morgan fingerprint density at radius 3 is 2.50 bits per heavy atom. The average Bonchev–Trinajstić information content (AvgIpc) is 2.65. The number of esters is 1. The van der Waals surface area contributed by atoms with Gasteiger partial charge in [0, 0.05) is 5.69 Å². The van der Waals surface area contributed by atoms with Crippen LogP contribution in [-0.2, 0) is 20.9 Å². The molecule has 0 aliphatic carbocycles. The number of carbonyl (C=O) groups is 2. The van der Waals surface area contributed by atoms with Crippen molar-refractivity contribution in [3.63, 3.8) is 0 Å². The highest BCUT2D eigenvalue weighted by Crippen LogP contribution is 2.07. The highest BCUT2D eigenvalue weighted by molar-refractivity contribution is 5.84. The summed E-state index contributed by atoms with van der Waals surface area (Å²) >= 11 is 0. The van der Waals surface area contributed by atoms with Gasteiger partial charge in [-0.2, -0.15) is 5.10 Å². The zero-order valence-electron chi connectivity index (χ0n) is 12.8. The number of methoxy groups -OCH3 is 1. The van der Waals surface area contributed by atoms with Crippen molar-refractivity contribution in [2.45, 2.75) is 46.7 Å². The van der Waals surface area contributed by atoms with Gasteiger partial charge in [0.15, 0.2) is 0 Å². The van der Waals surface area contributed by atoms with Crippen LogP contribution in [0.5, 0.6) is 0 Å². The maximum absolute atomic E-state index is 12.0. The number of amides is 1. The van der Waals surface area contributed by atoms with Gasteiger partial charge in [0.1, 0.15) is 12.6 Å². The standard InChI is InChI=1S/C14H23N3O3/c1-9(2)6-12(14(19)20-5)15-13(18)8-17-11(4)7-10(3)16-17/h7,9,12H,6,8H2,1-5H3,(H,15,18). The Balaban J connectivity index is 2.66. The van der Waals surface area contributed by atoms with E-state index in [9.17, 15) is 9.59 Å². The Labute approximate surface area is 119 Å². The van der Waals surface area contributed by atoms with Gasteiger partial charge in [-0.15, -0.1) is 0 Å². The lowest BCUT2D eigenvalue weighted by Crippen LogP contribution is -2.43. The van der Waals surface area contributed by atoms with Crippen molar-refractivity contribution in [3.05, 3.63) is 17.5 Å². The molecule has 0 saturated carbocycles. The van der Waals surface area contributed by atoms with Crippen LogP contribution in [0.3, 0.4) is 0 Å². The maximum Gasteiger partial charge on any atom is 0.328 e. The molecule has 0 aliphatic heterocycles. The molecule has 0 saturated heterocycles. The number of aromatic nitrogens is 2. The molecular weight excluding hydrogens is 258 g/mol. The minimum atomic E-state index is -0.607. The van der Waals surface area contributed by atoms with Crippen LogP contribution in [0.25, 0.3) is 0 Å². The van der Waals surface area contributed by atoms with Crippen molar-refractivity contribution >= 4 is 11.9 Å². The summed E-state index contributed by atoms with van der Waals surface area (Å²) in [6.45, 7) is 7.84. The number of hydrogen-bond donors (Lipinski definition) is 1. The molecule has 0 spiro atoms. The van der Waals surface area contributed by atoms with Crippen LogP contribution in [0.2, 0.25) is 0 Å². The smallest absolute Gasteiger partial charge is 0.328 e. The van der Waals surface area contributed by atoms with Crippen molar-refractivity contribution in [1.29, 1.82) is 0 Å². The second-order valence-electron chi connectivity index (χ2n) is 5.36. The highest BCUT2D eigenvalue weighted by Gasteiger charge is 2.22. The van der Waals surface area contributed by atoms with E-state index in [0.29, 0.717) is 6.42 Å². The second-order valence-corrected chi connectivity index (χ2v) is 5.36. The molecular formula is C14H23N3O3. The van der Waals surface area contributed by atoms with Gasteiger partial charge in [-0.1, -0.05) is 13.8 Å². The Kier molecular flexibility index (Phi) is 5.73. The first-order valence-electron chi connectivity index (χ1n) is 6.71. The van der Waals surface area contributed by atoms with Crippen LogP contribution in [0, 0.1) is 19.8 Å². The van der Waals surface area contributed by atoms with E-state index >= 15 is 0 Å². The van der Waals surface area contributed by atoms with Gasteiger partial charge >= 0.3 is 5.97 Å². The van der Waals surface area contributed by atoms with Crippen molar-refractivity contribution in [1.82, 2.24) is 15.1 Å². The third-order valence-electron chi connectivity index (χ3n) is 2.92. The van der Waals surface area contributed by atoms with E-state index in [2.05, 4.69) is 10.4 Å². The first-order chi connectivity index (χ1) is 9.33. The summed E-state index contributed by atoms with van der Waals surface area (Å²) in [5, 5.41) is 6.93. The average molecular weight is 281 g/mol. The second kappa shape index (κ2) is 7.07. The summed E-state index contributed by atoms with van der Waals surface area (Å²) in [4.78, 5) is 23.7.